The van der Waals surface area contributed by atoms with Crippen LogP contribution in [0.3, 0.4) is 0 Å². The van der Waals surface area contributed by atoms with Crippen LogP contribution in [-0.2, 0) is 5.41 Å². The molecule has 0 unspecified atom stereocenters. The zero-order valence-electron chi connectivity index (χ0n) is 14.7. The SMILES string of the molecule is CCCC(=O)c1ccc(N2CCC(C#N)(c3ccccc3)CC2)cc1. The average Bonchev–Trinajstić information content (AvgIpc) is 2.69. The van der Waals surface area contributed by atoms with Gasteiger partial charge in [-0.3, -0.25) is 4.79 Å². The summed E-state index contributed by atoms with van der Waals surface area (Å²) in [6.07, 6.45) is 3.13. The number of nitriles is 1. The van der Waals surface area contributed by atoms with Crippen LogP contribution in [0.1, 0.15) is 48.5 Å². The highest BCUT2D eigenvalue weighted by Gasteiger charge is 2.36. The minimum atomic E-state index is -0.380. The topological polar surface area (TPSA) is 44.1 Å². The van der Waals surface area contributed by atoms with E-state index in [1.807, 2.05) is 49.4 Å². The van der Waals surface area contributed by atoms with Gasteiger partial charge in [0.2, 0.25) is 0 Å². The summed E-state index contributed by atoms with van der Waals surface area (Å²) >= 11 is 0. The second-order valence-electron chi connectivity index (χ2n) is 6.77. The van der Waals surface area contributed by atoms with E-state index >= 15 is 0 Å². The van der Waals surface area contributed by atoms with E-state index in [2.05, 4.69) is 23.1 Å². The predicted molar refractivity (Wildman–Crippen MR) is 101 cm³/mol. The monoisotopic (exact) mass is 332 g/mol. The minimum absolute atomic E-state index is 0.209. The largest absolute Gasteiger partial charge is 0.371 e. The van der Waals surface area contributed by atoms with E-state index in [0.29, 0.717) is 6.42 Å². The summed E-state index contributed by atoms with van der Waals surface area (Å²) in [5.41, 5.74) is 2.66. The summed E-state index contributed by atoms with van der Waals surface area (Å²) in [5, 5.41) is 9.79. The zero-order chi connectivity index (χ0) is 17.7. The van der Waals surface area contributed by atoms with Crippen molar-refractivity contribution in [2.24, 2.45) is 0 Å². The third kappa shape index (κ3) is 3.58. The highest BCUT2D eigenvalue weighted by atomic mass is 16.1. The number of piperidine rings is 1. The molecule has 1 aliphatic heterocycles. The number of nitrogens with zero attached hydrogens (tertiary/aromatic N) is 2. The molecule has 0 spiro atoms. The summed E-state index contributed by atoms with van der Waals surface area (Å²) in [6, 6.07) is 20.6. The van der Waals surface area contributed by atoms with Gasteiger partial charge in [0, 0.05) is 30.8 Å². The van der Waals surface area contributed by atoms with Crippen LogP contribution < -0.4 is 4.90 Å². The number of ketones is 1. The van der Waals surface area contributed by atoms with Crippen LogP contribution in [0.15, 0.2) is 54.6 Å². The minimum Gasteiger partial charge on any atom is -0.371 e. The molecule has 1 saturated heterocycles. The van der Waals surface area contributed by atoms with Crippen molar-refractivity contribution in [3.63, 3.8) is 0 Å². The molecule has 1 aliphatic rings. The number of rotatable bonds is 5. The van der Waals surface area contributed by atoms with Crippen molar-refractivity contribution in [1.29, 1.82) is 5.26 Å². The molecule has 3 rings (SSSR count). The second-order valence-corrected chi connectivity index (χ2v) is 6.77. The fourth-order valence-corrected chi connectivity index (χ4v) is 3.60. The summed E-state index contributed by atoms with van der Waals surface area (Å²) < 4.78 is 0. The molecule has 2 aromatic carbocycles. The lowest BCUT2D eigenvalue weighted by Gasteiger charge is -2.38. The number of hydrogen-bond acceptors (Lipinski definition) is 3. The normalized spacial score (nSPS) is 16.2. The first kappa shape index (κ1) is 17.2. The molecule has 0 bridgehead atoms. The van der Waals surface area contributed by atoms with E-state index in [9.17, 15) is 10.1 Å². The Bertz CT molecular complexity index is 751. The van der Waals surface area contributed by atoms with Gasteiger partial charge >= 0.3 is 0 Å². The van der Waals surface area contributed by atoms with E-state index in [-0.39, 0.29) is 11.2 Å². The molecule has 1 fully saturated rings. The van der Waals surface area contributed by atoms with E-state index in [4.69, 9.17) is 0 Å². The molecule has 0 amide bonds. The number of carbonyl (C=O) groups excluding carboxylic acids is 1. The first-order valence-electron chi connectivity index (χ1n) is 9.03. The molecule has 3 heteroatoms. The van der Waals surface area contributed by atoms with Crippen LogP contribution in [0.25, 0.3) is 0 Å². The number of Topliss-reactive ketones (excluding diaryl/α,β-unsaturated/α-hetero) is 1. The Kier molecular flexibility index (Phi) is 5.19. The van der Waals surface area contributed by atoms with Gasteiger partial charge in [0.1, 0.15) is 0 Å². The average molecular weight is 332 g/mol. The Balaban J connectivity index is 1.70. The summed E-state index contributed by atoms with van der Waals surface area (Å²) in [6.45, 7) is 3.73. The molecule has 25 heavy (non-hydrogen) atoms. The van der Waals surface area contributed by atoms with Gasteiger partial charge in [0.25, 0.3) is 0 Å². The van der Waals surface area contributed by atoms with Crippen molar-refractivity contribution >= 4 is 11.5 Å². The Morgan fingerprint density at radius 2 is 1.72 bits per heavy atom. The van der Waals surface area contributed by atoms with Crippen LogP contribution in [0.4, 0.5) is 5.69 Å². The van der Waals surface area contributed by atoms with Crippen molar-refractivity contribution in [2.45, 2.75) is 38.0 Å². The highest BCUT2D eigenvalue weighted by molar-refractivity contribution is 5.96. The molecule has 0 aromatic heterocycles. The second kappa shape index (κ2) is 7.53. The lowest BCUT2D eigenvalue weighted by molar-refractivity contribution is 0.0982. The van der Waals surface area contributed by atoms with Crippen LogP contribution in [0, 0.1) is 11.3 Å². The van der Waals surface area contributed by atoms with Gasteiger partial charge in [-0.1, -0.05) is 37.3 Å². The fraction of sp³-hybridized carbons (Fsp3) is 0.364. The smallest absolute Gasteiger partial charge is 0.162 e. The third-order valence-electron chi connectivity index (χ3n) is 5.19. The molecule has 0 atom stereocenters. The molecule has 0 aliphatic carbocycles. The van der Waals surface area contributed by atoms with Crippen molar-refractivity contribution in [3.05, 3.63) is 65.7 Å². The van der Waals surface area contributed by atoms with E-state index in [0.717, 1.165) is 49.2 Å². The van der Waals surface area contributed by atoms with Crippen LogP contribution in [-0.4, -0.2) is 18.9 Å². The highest BCUT2D eigenvalue weighted by Crippen LogP contribution is 2.36. The predicted octanol–water partition coefficient (Wildman–Crippen LogP) is 4.73. The van der Waals surface area contributed by atoms with Crippen LogP contribution in [0.2, 0.25) is 0 Å². The molecule has 3 nitrogen and oxygen atoms in total. The van der Waals surface area contributed by atoms with Crippen LogP contribution >= 0.6 is 0 Å². The van der Waals surface area contributed by atoms with Crippen molar-refractivity contribution < 1.29 is 4.79 Å². The van der Waals surface area contributed by atoms with E-state index < -0.39 is 0 Å². The number of benzene rings is 2. The first-order chi connectivity index (χ1) is 12.2. The maximum atomic E-state index is 12.0. The molecular formula is C22H24N2O. The molecule has 0 N–H and O–H groups in total. The number of anilines is 1. The molecule has 128 valence electrons. The summed E-state index contributed by atoms with van der Waals surface area (Å²) in [7, 11) is 0. The lowest BCUT2D eigenvalue weighted by Crippen LogP contribution is -2.42. The molecule has 0 radical (unpaired) electrons. The zero-order valence-corrected chi connectivity index (χ0v) is 14.7. The molecule has 0 saturated carbocycles. The van der Waals surface area contributed by atoms with Crippen LogP contribution in [0.5, 0.6) is 0 Å². The van der Waals surface area contributed by atoms with Crippen molar-refractivity contribution in [3.8, 4) is 6.07 Å². The summed E-state index contributed by atoms with van der Waals surface area (Å²) in [5.74, 6) is 0.209. The van der Waals surface area contributed by atoms with Gasteiger partial charge in [-0.15, -0.1) is 0 Å². The Morgan fingerprint density at radius 1 is 1.08 bits per heavy atom. The standard InChI is InChI=1S/C22H24N2O/c1-2-6-21(25)18-9-11-20(12-10-18)24-15-13-22(17-23,14-16-24)19-7-4-3-5-8-19/h3-5,7-12H,2,6,13-16H2,1H3. The first-order valence-corrected chi connectivity index (χ1v) is 9.03. The Hall–Kier alpha value is -2.60. The van der Waals surface area contributed by atoms with Gasteiger partial charge in [-0.25, -0.2) is 0 Å². The summed E-state index contributed by atoms with van der Waals surface area (Å²) in [4.78, 5) is 14.3. The molecular weight excluding hydrogens is 308 g/mol. The van der Waals surface area contributed by atoms with Gasteiger partial charge in [-0.05, 0) is 49.1 Å². The molecule has 1 heterocycles. The van der Waals surface area contributed by atoms with Gasteiger partial charge in [0.15, 0.2) is 5.78 Å². The van der Waals surface area contributed by atoms with Crippen molar-refractivity contribution in [2.75, 3.05) is 18.0 Å². The number of carbonyl (C=O) groups is 1. The maximum Gasteiger partial charge on any atom is 0.162 e. The fourth-order valence-electron chi connectivity index (χ4n) is 3.60. The van der Waals surface area contributed by atoms with E-state index in [1.165, 1.54) is 0 Å². The van der Waals surface area contributed by atoms with Crippen molar-refractivity contribution in [1.82, 2.24) is 0 Å². The van der Waals surface area contributed by atoms with E-state index in [1.54, 1.807) is 0 Å². The number of hydrogen-bond donors (Lipinski definition) is 0. The Labute approximate surface area is 149 Å². The lowest BCUT2D eigenvalue weighted by atomic mass is 9.74. The Morgan fingerprint density at radius 3 is 2.28 bits per heavy atom. The molecule has 2 aromatic rings. The van der Waals surface area contributed by atoms with Gasteiger partial charge < -0.3 is 4.90 Å². The van der Waals surface area contributed by atoms with Gasteiger partial charge in [-0.2, -0.15) is 5.26 Å². The quantitative estimate of drug-likeness (QED) is 0.743. The maximum absolute atomic E-state index is 12.0. The third-order valence-corrected chi connectivity index (χ3v) is 5.19. The van der Waals surface area contributed by atoms with Gasteiger partial charge in [0.05, 0.1) is 11.5 Å².